The standard InChI is InChI=1S/C8H12O5/c1-2-12-8(10)7-6(9)5-11-3-4-13-7/h7H,2-5H2,1H3/i3D2,4D2. The third kappa shape index (κ3) is 2.78. The summed E-state index contributed by atoms with van der Waals surface area (Å²) in [5.41, 5.74) is 0. The van der Waals surface area contributed by atoms with E-state index in [4.69, 9.17) is 5.48 Å². The van der Waals surface area contributed by atoms with Gasteiger partial charge < -0.3 is 14.2 Å². The van der Waals surface area contributed by atoms with Gasteiger partial charge in [0.2, 0.25) is 6.10 Å². The molecule has 0 bridgehead atoms. The van der Waals surface area contributed by atoms with Crippen LogP contribution in [0.15, 0.2) is 0 Å². The molecule has 1 fully saturated rings. The predicted molar refractivity (Wildman–Crippen MR) is 42.2 cm³/mol. The van der Waals surface area contributed by atoms with Gasteiger partial charge in [-0.3, -0.25) is 4.79 Å². The van der Waals surface area contributed by atoms with E-state index in [1.807, 2.05) is 0 Å². The van der Waals surface area contributed by atoms with Crippen molar-refractivity contribution in [2.75, 3.05) is 26.3 Å². The van der Waals surface area contributed by atoms with Crippen LogP contribution in [-0.4, -0.2) is 44.2 Å². The lowest BCUT2D eigenvalue weighted by Crippen LogP contribution is -2.35. The quantitative estimate of drug-likeness (QED) is 0.437. The first kappa shape index (κ1) is 5.72. The number of carbonyl (C=O) groups excluding carboxylic acids is 2. The highest BCUT2D eigenvalue weighted by molar-refractivity contribution is 6.02. The zero-order valence-electron chi connectivity index (χ0n) is 11.0. The molecule has 0 aromatic heterocycles. The minimum atomic E-state index is -2.92. The second-order valence-corrected chi connectivity index (χ2v) is 2.21. The van der Waals surface area contributed by atoms with Crippen LogP contribution < -0.4 is 0 Å². The van der Waals surface area contributed by atoms with E-state index in [0.717, 1.165) is 0 Å². The van der Waals surface area contributed by atoms with Gasteiger partial charge in [0.05, 0.1) is 25.2 Å². The van der Waals surface area contributed by atoms with E-state index in [9.17, 15) is 9.59 Å². The SMILES string of the molecule is [2H]C1([2H])OCC(=O)C(C(=O)OCC)OC1([2H])[2H]. The molecule has 5 nitrogen and oxygen atoms in total. The summed E-state index contributed by atoms with van der Waals surface area (Å²) < 4.78 is 42.6. The number of ether oxygens (including phenoxy) is 3. The molecule has 0 radical (unpaired) electrons. The highest BCUT2D eigenvalue weighted by atomic mass is 16.6. The summed E-state index contributed by atoms with van der Waals surface area (Å²) in [6.07, 6.45) is -1.80. The number of hydrogen-bond acceptors (Lipinski definition) is 5. The zero-order valence-corrected chi connectivity index (χ0v) is 7.03. The molecule has 13 heavy (non-hydrogen) atoms. The van der Waals surface area contributed by atoms with Gasteiger partial charge in [-0.15, -0.1) is 0 Å². The summed E-state index contributed by atoms with van der Waals surface area (Å²) in [6, 6.07) is 0. The molecule has 0 aliphatic carbocycles. The average Bonchev–Trinajstić information content (AvgIpc) is 2.29. The summed E-state index contributed by atoms with van der Waals surface area (Å²) in [5.74, 6) is -1.93. The first-order valence-electron chi connectivity index (χ1n) is 5.72. The third-order valence-electron chi connectivity index (χ3n) is 1.30. The molecule has 1 unspecified atom stereocenters. The van der Waals surface area contributed by atoms with E-state index in [-0.39, 0.29) is 6.61 Å². The number of ketones is 1. The van der Waals surface area contributed by atoms with Crippen molar-refractivity contribution in [2.24, 2.45) is 0 Å². The fraction of sp³-hybridized carbons (Fsp3) is 0.750. The molecule has 5 heteroatoms. The van der Waals surface area contributed by atoms with Crippen LogP contribution in [0.25, 0.3) is 0 Å². The lowest BCUT2D eigenvalue weighted by atomic mass is 10.2. The highest BCUT2D eigenvalue weighted by Crippen LogP contribution is 2.02. The van der Waals surface area contributed by atoms with Crippen molar-refractivity contribution < 1.29 is 29.3 Å². The molecular weight excluding hydrogens is 176 g/mol. The van der Waals surface area contributed by atoms with Crippen molar-refractivity contribution in [3.05, 3.63) is 0 Å². The van der Waals surface area contributed by atoms with Gasteiger partial charge in [0.25, 0.3) is 0 Å². The fourth-order valence-corrected chi connectivity index (χ4v) is 0.759. The average molecular weight is 192 g/mol. The first-order valence-corrected chi connectivity index (χ1v) is 3.72. The van der Waals surface area contributed by atoms with Gasteiger partial charge in [-0.1, -0.05) is 0 Å². The van der Waals surface area contributed by atoms with E-state index in [1.54, 1.807) is 0 Å². The maximum Gasteiger partial charge on any atom is 0.343 e. The van der Waals surface area contributed by atoms with Crippen LogP contribution in [0, 0.1) is 0 Å². The monoisotopic (exact) mass is 192 g/mol. The first-order chi connectivity index (χ1) is 7.71. The smallest absolute Gasteiger partial charge is 0.343 e. The molecule has 1 heterocycles. The number of carbonyl (C=O) groups is 2. The molecule has 1 aliphatic heterocycles. The summed E-state index contributed by atoms with van der Waals surface area (Å²) in [7, 11) is 0. The molecule has 1 aliphatic rings. The van der Waals surface area contributed by atoms with Gasteiger partial charge in [0.15, 0.2) is 5.78 Å². The van der Waals surface area contributed by atoms with Crippen LogP contribution >= 0.6 is 0 Å². The molecule has 0 aromatic rings. The highest BCUT2D eigenvalue weighted by Gasteiger charge is 2.30. The van der Waals surface area contributed by atoms with Gasteiger partial charge >= 0.3 is 5.97 Å². The lowest BCUT2D eigenvalue weighted by Gasteiger charge is -2.10. The fourth-order valence-electron chi connectivity index (χ4n) is 0.759. The predicted octanol–water partition coefficient (Wildman–Crippen LogP) is -0.466. The Balaban J connectivity index is 2.94. The van der Waals surface area contributed by atoms with Crippen molar-refractivity contribution >= 4 is 11.8 Å². The number of rotatable bonds is 2. The second kappa shape index (κ2) is 4.94. The van der Waals surface area contributed by atoms with Gasteiger partial charge in [-0.05, 0) is 6.92 Å². The normalized spacial score (nSPS) is 36.1. The van der Waals surface area contributed by atoms with Gasteiger partial charge in [-0.2, -0.15) is 0 Å². The molecule has 1 rings (SSSR count). The maximum absolute atomic E-state index is 11.4. The molecule has 0 saturated carbocycles. The number of Topliss-reactive ketones (excluding diaryl/α,β-unsaturated/α-hetero) is 1. The van der Waals surface area contributed by atoms with Crippen LogP contribution in [-0.2, 0) is 23.8 Å². The lowest BCUT2D eigenvalue weighted by molar-refractivity contribution is -0.160. The molecule has 74 valence electrons. The van der Waals surface area contributed by atoms with Crippen molar-refractivity contribution in [1.82, 2.24) is 0 Å². The van der Waals surface area contributed by atoms with E-state index in [1.165, 1.54) is 6.92 Å². The molecule has 0 amide bonds. The number of esters is 1. The Kier molecular flexibility index (Phi) is 2.17. The van der Waals surface area contributed by atoms with E-state index >= 15 is 0 Å². The Morgan fingerprint density at radius 2 is 2.54 bits per heavy atom. The van der Waals surface area contributed by atoms with Gasteiger partial charge in [0.1, 0.15) is 6.61 Å². The Hall–Kier alpha value is -0.940. The summed E-state index contributed by atoms with van der Waals surface area (Å²) in [5, 5.41) is 0. The van der Waals surface area contributed by atoms with E-state index in [0.29, 0.717) is 0 Å². The molecule has 1 saturated heterocycles. The Morgan fingerprint density at radius 1 is 1.77 bits per heavy atom. The largest absolute Gasteiger partial charge is 0.464 e. The van der Waals surface area contributed by atoms with Crippen LogP contribution in [0.2, 0.25) is 0 Å². The van der Waals surface area contributed by atoms with Crippen LogP contribution in [0.4, 0.5) is 0 Å². The van der Waals surface area contributed by atoms with Crippen LogP contribution in [0.1, 0.15) is 12.4 Å². The topological polar surface area (TPSA) is 61.8 Å². The number of hydrogen-bond donors (Lipinski definition) is 0. The molecule has 0 aromatic carbocycles. The second-order valence-electron chi connectivity index (χ2n) is 2.21. The van der Waals surface area contributed by atoms with Crippen LogP contribution in [0.3, 0.4) is 0 Å². The van der Waals surface area contributed by atoms with E-state index in [2.05, 4.69) is 14.2 Å². The van der Waals surface area contributed by atoms with Gasteiger partial charge in [-0.25, -0.2) is 4.79 Å². The minimum absolute atomic E-state index is 0.00270. The summed E-state index contributed by atoms with van der Waals surface area (Å²) in [6.45, 7) is -4.97. The zero-order chi connectivity index (χ0) is 13.3. The molecule has 1 atom stereocenters. The molecular formula is C8H12O5. The van der Waals surface area contributed by atoms with Crippen molar-refractivity contribution in [3.63, 3.8) is 0 Å². The Bertz CT molecular complexity index is 330. The van der Waals surface area contributed by atoms with Gasteiger partial charge in [0, 0.05) is 0 Å². The molecule has 0 N–H and O–H groups in total. The van der Waals surface area contributed by atoms with Crippen molar-refractivity contribution in [2.45, 2.75) is 13.0 Å². The third-order valence-corrected chi connectivity index (χ3v) is 1.30. The maximum atomic E-state index is 11.4. The van der Waals surface area contributed by atoms with Crippen LogP contribution in [0.5, 0.6) is 0 Å². The van der Waals surface area contributed by atoms with E-state index < -0.39 is 37.6 Å². The van der Waals surface area contributed by atoms with Crippen molar-refractivity contribution in [3.8, 4) is 0 Å². The Morgan fingerprint density at radius 3 is 3.23 bits per heavy atom. The summed E-state index contributed by atoms with van der Waals surface area (Å²) >= 11 is 0. The minimum Gasteiger partial charge on any atom is -0.464 e. The molecule has 0 spiro atoms. The summed E-state index contributed by atoms with van der Waals surface area (Å²) in [4.78, 5) is 22.8. The Labute approximate surface area is 81.6 Å². The van der Waals surface area contributed by atoms with Crippen molar-refractivity contribution in [1.29, 1.82) is 0 Å².